The van der Waals surface area contributed by atoms with Crippen molar-refractivity contribution in [2.45, 2.75) is 6.92 Å². The molecule has 2 rings (SSSR count). The highest BCUT2D eigenvalue weighted by atomic mass is 79.9. The topological polar surface area (TPSA) is 76.0 Å². The number of hydrogen-bond acceptors (Lipinski definition) is 5. The van der Waals surface area contributed by atoms with Gasteiger partial charge >= 0.3 is 5.97 Å². The van der Waals surface area contributed by atoms with E-state index < -0.39 is 5.97 Å². The van der Waals surface area contributed by atoms with Crippen molar-refractivity contribution in [3.8, 4) is 0 Å². The third kappa shape index (κ3) is 2.99. The predicted molar refractivity (Wildman–Crippen MR) is 71.3 cm³/mol. The van der Waals surface area contributed by atoms with Gasteiger partial charge in [0, 0.05) is 35.0 Å². The molecule has 0 radical (unpaired) electrons. The van der Waals surface area contributed by atoms with E-state index in [1.165, 1.54) is 11.3 Å². The standard InChI is InChI=1S/C11H8BrN3O2S/c1-6-13-3-7(4-14-6)8(2-10(16)17)11-15-9(12)5-18-11/h2-5H,1H3,(H,16,17)/b8-2+. The molecule has 0 bridgehead atoms. The van der Waals surface area contributed by atoms with E-state index in [0.29, 0.717) is 26.6 Å². The molecule has 0 spiro atoms. The molecule has 0 saturated heterocycles. The van der Waals surface area contributed by atoms with Gasteiger partial charge in [0.25, 0.3) is 0 Å². The van der Waals surface area contributed by atoms with Crippen molar-refractivity contribution in [1.29, 1.82) is 0 Å². The first kappa shape index (κ1) is 12.8. The number of halogens is 1. The lowest BCUT2D eigenvalue weighted by Crippen LogP contribution is -1.97. The molecule has 2 aromatic heterocycles. The zero-order chi connectivity index (χ0) is 13.1. The molecule has 0 aliphatic rings. The summed E-state index contributed by atoms with van der Waals surface area (Å²) < 4.78 is 0.673. The summed E-state index contributed by atoms with van der Waals surface area (Å²) in [6, 6.07) is 0. The van der Waals surface area contributed by atoms with Gasteiger partial charge in [-0.2, -0.15) is 0 Å². The Kier molecular flexibility index (Phi) is 3.83. The molecule has 0 aliphatic heterocycles. The summed E-state index contributed by atoms with van der Waals surface area (Å²) in [5, 5.41) is 11.3. The van der Waals surface area contributed by atoms with E-state index in [1.54, 1.807) is 24.7 Å². The maximum atomic E-state index is 10.9. The fraction of sp³-hybridized carbons (Fsp3) is 0.0909. The Hall–Kier alpha value is -1.60. The summed E-state index contributed by atoms with van der Waals surface area (Å²) in [4.78, 5) is 23.2. The van der Waals surface area contributed by atoms with Gasteiger partial charge in [0.2, 0.25) is 0 Å². The molecule has 0 aliphatic carbocycles. The van der Waals surface area contributed by atoms with Crippen LogP contribution in [-0.2, 0) is 4.79 Å². The van der Waals surface area contributed by atoms with Crippen LogP contribution in [0.3, 0.4) is 0 Å². The summed E-state index contributed by atoms with van der Waals surface area (Å²) >= 11 is 4.60. The largest absolute Gasteiger partial charge is 0.478 e. The third-order valence-electron chi connectivity index (χ3n) is 2.07. The lowest BCUT2D eigenvalue weighted by molar-refractivity contribution is -0.131. The van der Waals surface area contributed by atoms with Crippen LogP contribution < -0.4 is 0 Å². The molecule has 7 heteroatoms. The van der Waals surface area contributed by atoms with Gasteiger partial charge in [-0.3, -0.25) is 0 Å². The average Bonchev–Trinajstić information content (AvgIpc) is 2.74. The number of nitrogens with zero attached hydrogens (tertiary/aromatic N) is 3. The second-order valence-electron chi connectivity index (χ2n) is 3.39. The van der Waals surface area contributed by atoms with Gasteiger partial charge in [-0.1, -0.05) is 0 Å². The van der Waals surface area contributed by atoms with Crippen LogP contribution in [0.4, 0.5) is 0 Å². The molecule has 0 fully saturated rings. The Labute approximate surface area is 115 Å². The summed E-state index contributed by atoms with van der Waals surface area (Å²) in [6.07, 6.45) is 4.29. The van der Waals surface area contributed by atoms with E-state index in [-0.39, 0.29) is 0 Å². The SMILES string of the molecule is Cc1ncc(/C(=C\C(=O)O)c2nc(Br)cs2)cn1. The summed E-state index contributed by atoms with van der Waals surface area (Å²) in [5.41, 5.74) is 1.13. The smallest absolute Gasteiger partial charge is 0.329 e. The zero-order valence-corrected chi connectivity index (χ0v) is 11.7. The Morgan fingerprint density at radius 3 is 2.61 bits per heavy atom. The number of aromatic nitrogens is 3. The van der Waals surface area contributed by atoms with Crippen molar-refractivity contribution in [3.05, 3.63) is 44.8 Å². The van der Waals surface area contributed by atoms with Crippen molar-refractivity contribution in [2.75, 3.05) is 0 Å². The van der Waals surface area contributed by atoms with Gasteiger partial charge in [-0.05, 0) is 22.9 Å². The molecule has 0 atom stereocenters. The second-order valence-corrected chi connectivity index (χ2v) is 5.06. The van der Waals surface area contributed by atoms with Crippen molar-refractivity contribution < 1.29 is 9.90 Å². The van der Waals surface area contributed by atoms with Crippen LogP contribution in [0, 0.1) is 6.92 Å². The molecule has 92 valence electrons. The molecule has 2 aromatic rings. The number of rotatable bonds is 3. The van der Waals surface area contributed by atoms with E-state index in [2.05, 4.69) is 30.9 Å². The molecule has 0 amide bonds. The minimum absolute atomic E-state index is 0.498. The van der Waals surface area contributed by atoms with Gasteiger partial charge in [0.15, 0.2) is 0 Å². The van der Waals surface area contributed by atoms with Crippen molar-refractivity contribution in [3.63, 3.8) is 0 Å². The van der Waals surface area contributed by atoms with E-state index in [1.807, 2.05) is 0 Å². The number of thiazole rings is 1. The second kappa shape index (κ2) is 5.36. The van der Waals surface area contributed by atoms with Gasteiger partial charge in [0.05, 0.1) is 0 Å². The van der Waals surface area contributed by atoms with Crippen LogP contribution in [0.15, 0.2) is 28.5 Å². The Balaban J connectivity index is 2.50. The predicted octanol–water partition coefficient (Wildman–Crippen LogP) is 2.52. The van der Waals surface area contributed by atoms with Crippen LogP contribution >= 0.6 is 27.3 Å². The molecule has 18 heavy (non-hydrogen) atoms. The minimum Gasteiger partial charge on any atom is -0.478 e. The lowest BCUT2D eigenvalue weighted by atomic mass is 10.1. The Morgan fingerprint density at radius 2 is 2.11 bits per heavy atom. The van der Waals surface area contributed by atoms with Gasteiger partial charge in [0.1, 0.15) is 15.4 Å². The van der Waals surface area contributed by atoms with Crippen molar-refractivity contribution in [2.24, 2.45) is 0 Å². The first-order valence-corrected chi connectivity index (χ1v) is 6.58. The number of aryl methyl sites for hydroxylation is 1. The number of carbonyl (C=O) groups is 1. The molecule has 2 heterocycles. The first-order chi connectivity index (χ1) is 8.56. The fourth-order valence-electron chi connectivity index (χ4n) is 1.30. The van der Waals surface area contributed by atoms with Gasteiger partial charge in [-0.15, -0.1) is 11.3 Å². The molecule has 0 aromatic carbocycles. The molecular formula is C11H8BrN3O2S. The van der Waals surface area contributed by atoms with Gasteiger partial charge in [-0.25, -0.2) is 19.7 Å². The third-order valence-corrected chi connectivity index (χ3v) is 3.65. The first-order valence-electron chi connectivity index (χ1n) is 4.91. The quantitative estimate of drug-likeness (QED) is 0.877. The Morgan fingerprint density at radius 1 is 1.44 bits per heavy atom. The maximum absolute atomic E-state index is 10.9. The number of aliphatic carboxylic acids is 1. The molecule has 5 nitrogen and oxygen atoms in total. The van der Waals surface area contributed by atoms with Crippen LogP contribution in [0.5, 0.6) is 0 Å². The monoisotopic (exact) mass is 325 g/mol. The highest BCUT2D eigenvalue weighted by molar-refractivity contribution is 9.10. The van der Waals surface area contributed by atoms with Crippen molar-refractivity contribution >= 4 is 38.8 Å². The van der Waals surface area contributed by atoms with Crippen LogP contribution in [0.1, 0.15) is 16.4 Å². The fourth-order valence-corrected chi connectivity index (χ4v) is 2.59. The minimum atomic E-state index is -1.03. The maximum Gasteiger partial charge on any atom is 0.329 e. The molecule has 1 N–H and O–H groups in total. The number of hydrogen-bond donors (Lipinski definition) is 1. The van der Waals surface area contributed by atoms with Crippen LogP contribution in [0.2, 0.25) is 0 Å². The average molecular weight is 326 g/mol. The molecule has 0 saturated carbocycles. The zero-order valence-electron chi connectivity index (χ0n) is 9.29. The van der Waals surface area contributed by atoms with E-state index in [0.717, 1.165) is 6.08 Å². The summed E-state index contributed by atoms with van der Waals surface area (Å²) in [5.74, 6) is -0.398. The highest BCUT2D eigenvalue weighted by Gasteiger charge is 2.12. The van der Waals surface area contributed by atoms with E-state index in [9.17, 15) is 4.79 Å². The highest BCUT2D eigenvalue weighted by Crippen LogP contribution is 2.27. The number of carboxylic acid groups (broad SMARTS) is 1. The van der Waals surface area contributed by atoms with Gasteiger partial charge < -0.3 is 5.11 Å². The summed E-state index contributed by atoms with van der Waals surface area (Å²) in [7, 11) is 0. The Bertz CT molecular complexity index is 607. The van der Waals surface area contributed by atoms with E-state index in [4.69, 9.17) is 5.11 Å². The van der Waals surface area contributed by atoms with Crippen LogP contribution in [-0.4, -0.2) is 26.0 Å². The summed E-state index contributed by atoms with van der Waals surface area (Å²) in [6.45, 7) is 1.77. The lowest BCUT2D eigenvalue weighted by Gasteiger charge is -2.02. The normalized spacial score (nSPS) is 11.6. The van der Waals surface area contributed by atoms with E-state index >= 15 is 0 Å². The van der Waals surface area contributed by atoms with Crippen molar-refractivity contribution in [1.82, 2.24) is 15.0 Å². The van der Waals surface area contributed by atoms with Crippen LogP contribution in [0.25, 0.3) is 5.57 Å². The molecular weight excluding hydrogens is 318 g/mol. The number of carboxylic acids is 1. The molecule has 0 unspecified atom stereocenters.